The molecule has 1 unspecified atom stereocenters. The van der Waals surface area contributed by atoms with Gasteiger partial charge in [-0.05, 0) is 31.7 Å². The maximum atomic E-state index is 12.6. The molecular weight excluding hydrogens is 314 g/mol. The van der Waals surface area contributed by atoms with E-state index in [-0.39, 0.29) is 17.4 Å². The molecule has 0 aromatic carbocycles. The van der Waals surface area contributed by atoms with Crippen LogP contribution in [0.3, 0.4) is 0 Å². The molecule has 118 valence electrons. The van der Waals surface area contributed by atoms with Crippen molar-refractivity contribution < 1.29 is 13.5 Å². The smallest absolute Gasteiger partial charge is 0.244 e. The van der Waals surface area contributed by atoms with Crippen LogP contribution in [0.4, 0.5) is 5.82 Å². The molecule has 0 saturated carbocycles. The zero-order valence-electron chi connectivity index (χ0n) is 11.9. The van der Waals surface area contributed by atoms with Crippen molar-refractivity contribution in [2.45, 2.75) is 24.7 Å². The molecule has 8 heteroatoms. The van der Waals surface area contributed by atoms with E-state index < -0.39 is 10.0 Å². The summed E-state index contributed by atoms with van der Waals surface area (Å²) in [6.07, 6.45) is 2.74. The maximum absolute atomic E-state index is 12.6. The van der Waals surface area contributed by atoms with Crippen LogP contribution < -0.4 is 5.32 Å². The topological polar surface area (TPSA) is 82.5 Å². The zero-order chi connectivity index (χ0) is 15.5. The minimum absolute atomic E-state index is 0.0866. The van der Waals surface area contributed by atoms with Crippen molar-refractivity contribution in [3.8, 4) is 0 Å². The molecule has 1 aliphatic rings. The van der Waals surface area contributed by atoms with Crippen molar-refractivity contribution in [3.63, 3.8) is 0 Å². The number of hydrogen-bond donors (Lipinski definition) is 2. The Morgan fingerprint density at radius 1 is 1.57 bits per heavy atom. The van der Waals surface area contributed by atoms with Crippen LogP contribution >= 0.6 is 11.6 Å². The standard InChI is InChI=1S/C13H20ClN3O3S/c1-2-15-13-12(14)7-11(8-16-13)21(19,20)17-5-3-10(9-17)4-6-18/h7-8,10,18H,2-6,9H2,1H3,(H,15,16). The van der Waals surface area contributed by atoms with Crippen molar-refractivity contribution >= 4 is 27.4 Å². The largest absolute Gasteiger partial charge is 0.396 e. The fraction of sp³-hybridized carbons (Fsp3) is 0.615. The second kappa shape index (κ2) is 6.91. The predicted octanol–water partition coefficient (Wildman–Crippen LogP) is 1.56. The highest BCUT2D eigenvalue weighted by Gasteiger charge is 2.32. The Kier molecular flexibility index (Phi) is 5.43. The summed E-state index contributed by atoms with van der Waals surface area (Å²) < 4.78 is 26.5. The fourth-order valence-corrected chi connectivity index (χ4v) is 4.24. The highest BCUT2D eigenvalue weighted by molar-refractivity contribution is 7.89. The van der Waals surface area contributed by atoms with Crippen LogP contribution in [0.2, 0.25) is 5.02 Å². The monoisotopic (exact) mass is 333 g/mol. The lowest BCUT2D eigenvalue weighted by Crippen LogP contribution is -2.29. The number of nitrogens with one attached hydrogen (secondary N) is 1. The number of rotatable bonds is 6. The Labute approximate surface area is 130 Å². The van der Waals surface area contributed by atoms with Gasteiger partial charge in [0, 0.05) is 32.4 Å². The van der Waals surface area contributed by atoms with Crippen molar-refractivity contribution in [3.05, 3.63) is 17.3 Å². The van der Waals surface area contributed by atoms with E-state index in [9.17, 15) is 8.42 Å². The summed E-state index contributed by atoms with van der Waals surface area (Å²) in [5.74, 6) is 0.701. The number of hydrogen-bond acceptors (Lipinski definition) is 5. The molecule has 21 heavy (non-hydrogen) atoms. The second-order valence-electron chi connectivity index (χ2n) is 5.06. The summed E-state index contributed by atoms with van der Waals surface area (Å²) in [5, 5.41) is 12.2. The Hall–Kier alpha value is -0.890. The number of pyridine rings is 1. The van der Waals surface area contributed by atoms with Gasteiger partial charge in [-0.1, -0.05) is 11.6 Å². The van der Waals surface area contributed by atoms with E-state index in [4.69, 9.17) is 16.7 Å². The summed E-state index contributed by atoms with van der Waals surface area (Å²) in [6.45, 7) is 3.57. The lowest BCUT2D eigenvalue weighted by Gasteiger charge is -2.17. The number of nitrogens with zero attached hydrogens (tertiary/aromatic N) is 2. The van der Waals surface area contributed by atoms with Gasteiger partial charge in [-0.15, -0.1) is 0 Å². The van der Waals surface area contributed by atoms with Gasteiger partial charge in [0.1, 0.15) is 10.7 Å². The van der Waals surface area contributed by atoms with Crippen molar-refractivity contribution in [1.82, 2.24) is 9.29 Å². The number of aliphatic hydroxyl groups is 1. The molecule has 2 rings (SSSR count). The van der Waals surface area contributed by atoms with E-state index in [1.54, 1.807) is 0 Å². The van der Waals surface area contributed by atoms with Gasteiger partial charge in [-0.2, -0.15) is 4.31 Å². The van der Waals surface area contributed by atoms with E-state index in [2.05, 4.69) is 10.3 Å². The van der Waals surface area contributed by atoms with Crippen molar-refractivity contribution in [1.29, 1.82) is 0 Å². The minimum atomic E-state index is -3.57. The van der Waals surface area contributed by atoms with Crippen LogP contribution in [0.15, 0.2) is 17.2 Å². The van der Waals surface area contributed by atoms with Gasteiger partial charge in [0.25, 0.3) is 0 Å². The third-order valence-corrected chi connectivity index (χ3v) is 5.70. The van der Waals surface area contributed by atoms with Crippen LogP contribution in [0.25, 0.3) is 0 Å². The van der Waals surface area contributed by atoms with Crippen LogP contribution in [0.5, 0.6) is 0 Å². The third kappa shape index (κ3) is 3.66. The molecule has 1 aromatic rings. The molecule has 1 fully saturated rings. The van der Waals surface area contributed by atoms with E-state index in [1.807, 2.05) is 6.92 Å². The van der Waals surface area contributed by atoms with Crippen molar-refractivity contribution in [2.75, 3.05) is 31.6 Å². The molecule has 0 radical (unpaired) electrons. The highest BCUT2D eigenvalue weighted by Crippen LogP contribution is 2.28. The molecule has 6 nitrogen and oxygen atoms in total. The fourth-order valence-electron chi connectivity index (χ4n) is 2.44. The molecule has 1 saturated heterocycles. The number of sulfonamides is 1. The summed E-state index contributed by atoms with van der Waals surface area (Å²) in [7, 11) is -3.57. The molecule has 1 atom stereocenters. The Morgan fingerprint density at radius 2 is 2.33 bits per heavy atom. The Bertz CT molecular complexity index is 594. The van der Waals surface area contributed by atoms with E-state index >= 15 is 0 Å². The molecule has 0 bridgehead atoms. The first-order valence-corrected chi connectivity index (χ1v) is 8.81. The quantitative estimate of drug-likeness (QED) is 0.825. The molecule has 2 heterocycles. The summed E-state index contributed by atoms with van der Waals surface area (Å²) >= 11 is 6.06. The SMILES string of the molecule is CCNc1ncc(S(=O)(=O)N2CCC(CCO)C2)cc1Cl. The van der Waals surface area contributed by atoms with E-state index in [1.165, 1.54) is 16.6 Å². The Morgan fingerprint density at radius 3 is 2.95 bits per heavy atom. The Balaban J connectivity index is 2.18. The van der Waals surface area contributed by atoms with Crippen LogP contribution in [0.1, 0.15) is 19.8 Å². The lowest BCUT2D eigenvalue weighted by molar-refractivity contribution is 0.259. The van der Waals surface area contributed by atoms with Gasteiger partial charge in [-0.25, -0.2) is 13.4 Å². The minimum Gasteiger partial charge on any atom is -0.396 e. The number of anilines is 1. The number of aliphatic hydroxyl groups excluding tert-OH is 1. The average molecular weight is 334 g/mol. The zero-order valence-corrected chi connectivity index (χ0v) is 13.5. The molecule has 0 amide bonds. The first kappa shape index (κ1) is 16.5. The predicted molar refractivity (Wildman–Crippen MR) is 82.0 cm³/mol. The lowest BCUT2D eigenvalue weighted by atomic mass is 10.1. The first-order chi connectivity index (χ1) is 9.98. The molecule has 0 spiro atoms. The molecular formula is C13H20ClN3O3S. The number of aromatic nitrogens is 1. The van der Waals surface area contributed by atoms with Crippen molar-refractivity contribution in [2.24, 2.45) is 5.92 Å². The van der Waals surface area contributed by atoms with Crippen LogP contribution in [-0.2, 0) is 10.0 Å². The van der Waals surface area contributed by atoms with Gasteiger partial charge in [0.2, 0.25) is 10.0 Å². The van der Waals surface area contributed by atoms with Gasteiger partial charge >= 0.3 is 0 Å². The van der Waals surface area contributed by atoms with E-state index in [0.717, 1.165) is 6.42 Å². The summed E-state index contributed by atoms with van der Waals surface area (Å²) in [4.78, 5) is 4.18. The van der Waals surface area contributed by atoms with Crippen LogP contribution in [0, 0.1) is 5.92 Å². The van der Waals surface area contributed by atoms with Gasteiger partial charge in [-0.3, -0.25) is 0 Å². The first-order valence-electron chi connectivity index (χ1n) is 6.99. The normalized spacial score (nSPS) is 19.9. The van der Waals surface area contributed by atoms with E-state index in [0.29, 0.717) is 36.9 Å². The third-order valence-electron chi connectivity index (χ3n) is 3.58. The summed E-state index contributed by atoms with van der Waals surface area (Å²) in [5.41, 5.74) is 0. The van der Waals surface area contributed by atoms with Crippen LogP contribution in [-0.4, -0.2) is 49.1 Å². The van der Waals surface area contributed by atoms with Gasteiger partial charge < -0.3 is 10.4 Å². The van der Waals surface area contributed by atoms with Gasteiger partial charge in [0.15, 0.2) is 0 Å². The second-order valence-corrected chi connectivity index (χ2v) is 7.41. The van der Waals surface area contributed by atoms with Gasteiger partial charge in [0.05, 0.1) is 5.02 Å². The molecule has 1 aromatic heterocycles. The molecule has 1 aliphatic heterocycles. The maximum Gasteiger partial charge on any atom is 0.244 e. The number of halogens is 1. The highest BCUT2D eigenvalue weighted by atomic mass is 35.5. The summed E-state index contributed by atoms with van der Waals surface area (Å²) in [6, 6.07) is 1.43. The molecule has 0 aliphatic carbocycles. The molecule has 2 N–H and O–H groups in total. The average Bonchev–Trinajstić information content (AvgIpc) is 2.91.